The first kappa shape index (κ1) is 18.8. The lowest BCUT2D eigenvalue weighted by Crippen LogP contribution is -2.29. The van der Waals surface area contributed by atoms with Gasteiger partial charge >= 0.3 is 0 Å². The summed E-state index contributed by atoms with van der Waals surface area (Å²) in [6.45, 7) is 4.41. The van der Waals surface area contributed by atoms with Crippen molar-refractivity contribution in [3.63, 3.8) is 0 Å². The number of hydrogen-bond donors (Lipinski definition) is 1. The summed E-state index contributed by atoms with van der Waals surface area (Å²) < 4.78 is 0. The minimum absolute atomic E-state index is 0.159. The third-order valence-corrected chi connectivity index (χ3v) is 5.80. The first-order valence-corrected chi connectivity index (χ1v) is 10.7. The maximum Gasteiger partial charge on any atom is 0.274 e. The van der Waals surface area contributed by atoms with E-state index in [2.05, 4.69) is 32.2 Å². The number of piperidine rings is 1. The van der Waals surface area contributed by atoms with Crippen molar-refractivity contribution in [3.05, 3.63) is 48.3 Å². The van der Waals surface area contributed by atoms with Crippen molar-refractivity contribution in [2.24, 2.45) is 0 Å². The molecule has 3 heterocycles. The van der Waals surface area contributed by atoms with Gasteiger partial charge in [-0.3, -0.25) is 4.79 Å². The smallest absolute Gasteiger partial charge is 0.274 e. The molecule has 0 unspecified atom stereocenters. The van der Waals surface area contributed by atoms with Crippen molar-refractivity contribution in [2.75, 3.05) is 41.3 Å². The highest BCUT2D eigenvalue weighted by Crippen LogP contribution is 2.22. The Morgan fingerprint density at radius 1 is 0.714 bits per heavy atom. The lowest BCUT2D eigenvalue weighted by atomic mass is 10.1. The van der Waals surface area contributed by atoms with Crippen molar-refractivity contribution in [1.82, 2.24) is 4.98 Å². The van der Waals surface area contributed by atoms with E-state index in [9.17, 15) is 4.79 Å². The zero-order valence-electron chi connectivity index (χ0n) is 16.6. The van der Waals surface area contributed by atoms with E-state index < -0.39 is 0 Å². The molecule has 5 heteroatoms. The van der Waals surface area contributed by atoms with E-state index >= 15 is 0 Å². The van der Waals surface area contributed by atoms with Crippen LogP contribution >= 0.6 is 0 Å². The SMILES string of the molecule is O=C(Nc1ccc(N2CCCCC2)cc1)c1ccc(N2CCCCCC2)cn1. The minimum atomic E-state index is -0.159. The fraction of sp³-hybridized carbons (Fsp3) is 0.478. The van der Waals surface area contributed by atoms with E-state index in [0.29, 0.717) is 5.69 Å². The van der Waals surface area contributed by atoms with Gasteiger partial charge in [0.25, 0.3) is 5.91 Å². The van der Waals surface area contributed by atoms with Gasteiger partial charge in [-0.25, -0.2) is 4.98 Å². The Bertz CT molecular complexity index is 758. The predicted octanol–water partition coefficient (Wildman–Crippen LogP) is 4.70. The molecule has 0 spiro atoms. The Kier molecular flexibility index (Phi) is 6.10. The molecule has 0 saturated carbocycles. The number of pyridine rings is 1. The maximum absolute atomic E-state index is 12.5. The fourth-order valence-corrected chi connectivity index (χ4v) is 4.14. The normalized spacial score (nSPS) is 17.9. The molecule has 5 nitrogen and oxygen atoms in total. The standard InChI is InChI=1S/C23H30N4O/c28-23(22-13-12-21(18-24-22)27-16-4-1-2-5-17-27)25-19-8-10-20(11-9-19)26-14-6-3-7-15-26/h8-13,18H,1-7,14-17H2,(H,25,28). The van der Waals surface area contributed by atoms with E-state index in [1.54, 1.807) is 0 Å². The molecule has 0 bridgehead atoms. The molecule has 0 aliphatic carbocycles. The van der Waals surface area contributed by atoms with Gasteiger partial charge in [0.1, 0.15) is 5.69 Å². The zero-order valence-corrected chi connectivity index (χ0v) is 16.6. The number of rotatable bonds is 4. The Balaban J connectivity index is 1.36. The van der Waals surface area contributed by atoms with Crippen LogP contribution in [0.25, 0.3) is 0 Å². The van der Waals surface area contributed by atoms with E-state index in [1.165, 1.54) is 50.6 Å². The Morgan fingerprint density at radius 3 is 1.82 bits per heavy atom. The van der Waals surface area contributed by atoms with Crippen LogP contribution in [0.15, 0.2) is 42.6 Å². The summed E-state index contributed by atoms with van der Waals surface area (Å²) in [4.78, 5) is 21.7. The lowest BCUT2D eigenvalue weighted by Gasteiger charge is -2.28. The summed E-state index contributed by atoms with van der Waals surface area (Å²) in [7, 11) is 0. The molecular weight excluding hydrogens is 348 g/mol. The molecule has 4 rings (SSSR count). The first-order valence-electron chi connectivity index (χ1n) is 10.7. The molecular formula is C23H30N4O. The van der Waals surface area contributed by atoms with Crippen LogP contribution in [0.1, 0.15) is 55.4 Å². The van der Waals surface area contributed by atoms with Gasteiger partial charge in [-0.05, 0) is 68.5 Å². The molecule has 0 atom stereocenters. The Hall–Kier alpha value is -2.56. The second-order valence-corrected chi connectivity index (χ2v) is 7.85. The summed E-state index contributed by atoms with van der Waals surface area (Å²) in [5, 5.41) is 2.96. The summed E-state index contributed by atoms with van der Waals surface area (Å²) in [6, 6.07) is 12.0. The third-order valence-electron chi connectivity index (χ3n) is 5.80. The lowest BCUT2D eigenvalue weighted by molar-refractivity contribution is 0.102. The van der Waals surface area contributed by atoms with Gasteiger partial charge < -0.3 is 15.1 Å². The van der Waals surface area contributed by atoms with Crippen LogP contribution in [0.5, 0.6) is 0 Å². The van der Waals surface area contributed by atoms with Crippen LogP contribution in [-0.2, 0) is 0 Å². The van der Waals surface area contributed by atoms with Gasteiger partial charge in [-0.15, -0.1) is 0 Å². The van der Waals surface area contributed by atoms with Gasteiger partial charge in [0.15, 0.2) is 0 Å². The molecule has 1 aromatic carbocycles. The highest BCUT2D eigenvalue weighted by molar-refractivity contribution is 6.03. The van der Waals surface area contributed by atoms with Crippen molar-refractivity contribution >= 4 is 23.0 Å². The van der Waals surface area contributed by atoms with Crippen molar-refractivity contribution < 1.29 is 4.79 Å². The van der Waals surface area contributed by atoms with Crippen molar-refractivity contribution in [1.29, 1.82) is 0 Å². The minimum Gasteiger partial charge on any atom is -0.372 e. The van der Waals surface area contributed by atoms with Gasteiger partial charge in [0.05, 0.1) is 11.9 Å². The molecule has 1 N–H and O–H groups in total. The molecule has 2 aromatic rings. The second kappa shape index (κ2) is 9.09. The fourth-order valence-electron chi connectivity index (χ4n) is 4.14. The maximum atomic E-state index is 12.5. The van der Waals surface area contributed by atoms with Crippen LogP contribution in [0.2, 0.25) is 0 Å². The monoisotopic (exact) mass is 378 g/mol. The van der Waals surface area contributed by atoms with Crippen LogP contribution < -0.4 is 15.1 Å². The highest BCUT2D eigenvalue weighted by Gasteiger charge is 2.14. The quantitative estimate of drug-likeness (QED) is 0.837. The average molecular weight is 379 g/mol. The average Bonchev–Trinajstić information content (AvgIpc) is 3.05. The largest absolute Gasteiger partial charge is 0.372 e. The van der Waals surface area contributed by atoms with E-state index in [4.69, 9.17) is 0 Å². The van der Waals surface area contributed by atoms with Gasteiger partial charge in [-0.2, -0.15) is 0 Å². The van der Waals surface area contributed by atoms with E-state index in [-0.39, 0.29) is 5.91 Å². The molecule has 2 aliphatic rings. The number of anilines is 3. The first-order chi connectivity index (χ1) is 13.8. The summed E-state index contributed by atoms with van der Waals surface area (Å²) in [5.74, 6) is -0.159. The number of nitrogens with one attached hydrogen (secondary N) is 1. The number of carbonyl (C=O) groups excluding carboxylic acids is 1. The second-order valence-electron chi connectivity index (χ2n) is 7.85. The number of aromatic nitrogens is 1. The number of amides is 1. The van der Waals surface area contributed by atoms with Crippen LogP contribution in [0.4, 0.5) is 17.1 Å². The van der Waals surface area contributed by atoms with Crippen molar-refractivity contribution in [2.45, 2.75) is 44.9 Å². The molecule has 2 saturated heterocycles. The number of benzene rings is 1. The number of nitrogens with zero attached hydrogens (tertiary/aromatic N) is 3. The zero-order chi connectivity index (χ0) is 19.2. The predicted molar refractivity (Wildman–Crippen MR) is 115 cm³/mol. The van der Waals surface area contributed by atoms with Gasteiger partial charge in [0.2, 0.25) is 0 Å². The van der Waals surface area contributed by atoms with Crippen molar-refractivity contribution in [3.8, 4) is 0 Å². The Labute approximate surface area is 167 Å². The molecule has 0 radical (unpaired) electrons. The van der Waals surface area contributed by atoms with Crippen LogP contribution in [-0.4, -0.2) is 37.1 Å². The molecule has 1 aromatic heterocycles. The van der Waals surface area contributed by atoms with Gasteiger partial charge in [0, 0.05) is 37.6 Å². The summed E-state index contributed by atoms with van der Waals surface area (Å²) >= 11 is 0. The van der Waals surface area contributed by atoms with Crippen LogP contribution in [0.3, 0.4) is 0 Å². The highest BCUT2D eigenvalue weighted by atomic mass is 16.1. The topological polar surface area (TPSA) is 48.5 Å². The van der Waals surface area contributed by atoms with Gasteiger partial charge in [-0.1, -0.05) is 12.8 Å². The van der Waals surface area contributed by atoms with E-state index in [0.717, 1.165) is 37.6 Å². The summed E-state index contributed by atoms with van der Waals surface area (Å²) in [5.41, 5.74) is 3.62. The molecule has 1 amide bonds. The number of hydrogen-bond acceptors (Lipinski definition) is 4. The third kappa shape index (κ3) is 4.64. The molecule has 2 aliphatic heterocycles. The van der Waals surface area contributed by atoms with E-state index in [1.807, 2.05) is 30.5 Å². The molecule has 2 fully saturated rings. The molecule has 148 valence electrons. The number of carbonyl (C=O) groups is 1. The van der Waals surface area contributed by atoms with Crippen LogP contribution in [0, 0.1) is 0 Å². The summed E-state index contributed by atoms with van der Waals surface area (Å²) in [6.07, 6.45) is 10.8. The molecule has 28 heavy (non-hydrogen) atoms. The Morgan fingerprint density at radius 2 is 1.25 bits per heavy atom.